The zero-order valence-corrected chi connectivity index (χ0v) is 11.0. The number of aryl methyl sites for hydroxylation is 1. The molecule has 2 aromatic carbocycles. The highest BCUT2D eigenvalue weighted by Gasteiger charge is 2.05. The van der Waals surface area contributed by atoms with Gasteiger partial charge in [-0.15, -0.1) is 0 Å². The van der Waals surface area contributed by atoms with Crippen molar-refractivity contribution in [1.29, 1.82) is 5.41 Å². The lowest BCUT2D eigenvalue weighted by Gasteiger charge is -2.10. The molecule has 0 aliphatic rings. The molecule has 0 heterocycles. The van der Waals surface area contributed by atoms with Gasteiger partial charge in [0.05, 0.1) is 0 Å². The molecule has 2 rings (SSSR count). The fourth-order valence-electron chi connectivity index (χ4n) is 1.93. The Morgan fingerprint density at radius 3 is 2.68 bits per heavy atom. The number of rotatable bonds is 5. The summed E-state index contributed by atoms with van der Waals surface area (Å²) in [4.78, 5) is 0. The molecule has 98 valence electrons. The van der Waals surface area contributed by atoms with E-state index in [2.05, 4.69) is 13.0 Å². The highest BCUT2D eigenvalue weighted by molar-refractivity contribution is 5.96. The van der Waals surface area contributed by atoms with E-state index in [9.17, 15) is 0 Å². The number of ether oxygens (including phenoxy) is 1. The largest absolute Gasteiger partial charge is 0.489 e. The molecule has 19 heavy (non-hydrogen) atoms. The van der Waals surface area contributed by atoms with Gasteiger partial charge in [0.15, 0.2) is 0 Å². The van der Waals surface area contributed by atoms with Gasteiger partial charge in [-0.05, 0) is 24.1 Å². The number of amidine groups is 1. The van der Waals surface area contributed by atoms with Crippen LogP contribution in [0.3, 0.4) is 0 Å². The minimum atomic E-state index is 0.0708. The van der Waals surface area contributed by atoms with Crippen molar-refractivity contribution in [1.82, 2.24) is 0 Å². The smallest absolute Gasteiger partial charge is 0.123 e. The van der Waals surface area contributed by atoms with Gasteiger partial charge in [-0.2, -0.15) is 0 Å². The monoisotopic (exact) mass is 254 g/mol. The molecule has 0 spiro atoms. The van der Waals surface area contributed by atoms with Crippen LogP contribution in [-0.2, 0) is 13.0 Å². The highest BCUT2D eigenvalue weighted by Crippen LogP contribution is 2.17. The summed E-state index contributed by atoms with van der Waals surface area (Å²) in [5, 5.41) is 7.55. The first-order valence-electron chi connectivity index (χ1n) is 6.34. The first-order chi connectivity index (χ1) is 9.20. The van der Waals surface area contributed by atoms with E-state index in [1.54, 1.807) is 0 Å². The van der Waals surface area contributed by atoms with Crippen molar-refractivity contribution in [2.75, 3.05) is 0 Å². The van der Waals surface area contributed by atoms with Crippen LogP contribution in [0.25, 0.3) is 0 Å². The van der Waals surface area contributed by atoms with E-state index < -0.39 is 0 Å². The second-order valence-corrected chi connectivity index (χ2v) is 4.36. The summed E-state index contributed by atoms with van der Waals surface area (Å²) < 4.78 is 5.77. The molecule has 3 nitrogen and oxygen atoms in total. The number of hydrogen-bond acceptors (Lipinski definition) is 2. The number of nitrogens with one attached hydrogen (secondary N) is 1. The third kappa shape index (κ3) is 3.35. The van der Waals surface area contributed by atoms with E-state index in [4.69, 9.17) is 15.9 Å². The molecule has 3 N–H and O–H groups in total. The van der Waals surface area contributed by atoms with E-state index in [0.717, 1.165) is 23.3 Å². The molecule has 0 saturated carbocycles. The Hall–Kier alpha value is -2.29. The Bertz CT molecular complexity index is 578. The maximum atomic E-state index is 7.55. The molecule has 0 bridgehead atoms. The van der Waals surface area contributed by atoms with E-state index in [1.165, 1.54) is 5.56 Å². The molecular weight excluding hydrogens is 236 g/mol. The zero-order chi connectivity index (χ0) is 13.7. The van der Waals surface area contributed by atoms with Gasteiger partial charge in [0.25, 0.3) is 0 Å². The lowest BCUT2D eigenvalue weighted by molar-refractivity contribution is 0.305. The average Bonchev–Trinajstić information content (AvgIpc) is 2.45. The molecule has 0 aliphatic heterocycles. The Morgan fingerprint density at radius 2 is 1.95 bits per heavy atom. The van der Waals surface area contributed by atoms with Gasteiger partial charge in [-0.25, -0.2) is 0 Å². The predicted octanol–water partition coefficient (Wildman–Crippen LogP) is 3.11. The van der Waals surface area contributed by atoms with Crippen molar-refractivity contribution in [2.45, 2.75) is 20.0 Å². The van der Waals surface area contributed by atoms with Crippen LogP contribution in [-0.4, -0.2) is 5.84 Å². The second kappa shape index (κ2) is 6.05. The lowest BCUT2D eigenvalue weighted by Crippen LogP contribution is -2.14. The summed E-state index contributed by atoms with van der Waals surface area (Å²) in [5.41, 5.74) is 8.46. The van der Waals surface area contributed by atoms with Gasteiger partial charge in [0, 0.05) is 11.1 Å². The minimum absolute atomic E-state index is 0.0708. The summed E-state index contributed by atoms with van der Waals surface area (Å²) in [5.74, 6) is 0.916. The van der Waals surface area contributed by atoms with E-state index in [0.29, 0.717) is 6.61 Å². The Labute approximate surface area is 113 Å². The first-order valence-corrected chi connectivity index (χ1v) is 6.34. The van der Waals surface area contributed by atoms with Crippen LogP contribution in [0.15, 0.2) is 48.5 Å². The van der Waals surface area contributed by atoms with Gasteiger partial charge >= 0.3 is 0 Å². The molecule has 0 amide bonds. The third-order valence-electron chi connectivity index (χ3n) is 3.01. The quantitative estimate of drug-likeness (QED) is 0.636. The second-order valence-electron chi connectivity index (χ2n) is 4.36. The topological polar surface area (TPSA) is 59.1 Å². The predicted molar refractivity (Wildman–Crippen MR) is 77.6 cm³/mol. The first kappa shape index (κ1) is 13.1. The van der Waals surface area contributed by atoms with Crippen LogP contribution in [0.1, 0.15) is 23.6 Å². The van der Waals surface area contributed by atoms with E-state index in [-0.39, 0.29) is 5.84 Å². The molecule has 0 aromatic heterocycles. The van der Waals surface area contributed by atoms with Crippen molar-refractivity contribution in [3.8, 4) is 5.75 Å². The molecular formula is C16H18N2O. The average molecular weight is 254 g/mol. The maximum absolute atomic E-state index is 7.55. The highest BCUT2D eigenvalue weighted by atomic mass is 16.5. The minimum Gasteiger partial charge on any atom is -0.489 e. The van der Waals surface area contributed by atoms with Gasteiger partial charge in [0.1, 0.15) is 18.2 Å². The fraction of sp³-hybridized carbons (Fsp3) is 0.188. The Kier molecular flexibility index (Phi) is 4.18. The van der Waals surface area contributed by atoms with Crippen LogP contribution in [0.4, 0.5) is 0 Å². The molecule has 0 saturated heterocycles. The van der Waals surface area contributed by atoms with Crippen molar-refractivity contribution >= 4 is 5.84 Å². The van der Waals surface area contributed by atoms with Gasteiger partial charge in [0.2, 0.25) is 0 Å². The summed E-state index contributed by atoms with van der Waals surface area (Å²) >= 11 is 0. The lowest BCUT2D eigenvalue weighted by atomic mass is 10.1. The third-order valence-corrected chi connectivity index (χ3v) is 3.01. The summed E-state index contributed by atoms with van der Waals surface area (Å²) in [6.07, 6.45) is 0.987. The molecule has 2 aromatic rings. The molecule has 0 unspecified atom stereocenters. The summed E-state index contributed by atoms with van der Waals surface area (Å²) in [6, 6.07) is 15.6. The zero-order valence-electron chi connectivity index (χ0n) is 11.0. The SMILES string of the molecule is CCc1cccc(OCc2ccccc2C(=N)N)c1. The Balaban J connectivity index is 2.12. The van der Waals surface area contributed by atoms with Gasteiger partial charge in [-0.3, -0.25) is 5.41 Å². The van der Waals surface area contributed by atoms with Crippen molar-refractivity contribution in [2.24, 2.45) is 5.73 Å². The summed E-state index contributed by atoms with van der Waals surface area (Å²) in [7, 11) is 0. The van der Waals surface area contributed by atoms with Crippen molar-refractivity contribution in [3.05, 3.63) is 65.2 Å². The van der Waals surface area contributed by atoms with Crippen LogP contribution in [0, 0.1) is 5.41 Å². The van der Waals surface area contributed by atoms with Gasteiger partial charge in [-0.1, -0.05) is 43.3 Å². The Morgan fingerprint density at radius 1 is 1.16 bits per heavy atom. The summed E-state index contributed by atoms with van der Waals surface area (Å²) in [6.45, 7) is 2.53. The van der Waals surface area contributed by atoms with E-state index >= 15 is 0 Å². The fourth-order valence-corrected chi connectivity index (χ4v) is 1.93. The molecule has 0 aliphatic carbocycles. The molecule has 0 fully saturated rings. The normalized spacial score (nSPS) is 10.2. The molecule has 0 radical (unpaired) electrons. The standard InChI is InChI=1S/C16H18N2O/c1-2-12-6-5-8-14(10-12)19-11-13-7-3-4-9-15(13)16(17)18/h3-10H,2,11H2,1H3,(H3,17,18). The van der Waals surface area contributed by atoms with Crippen molar-refractivity contribution < 1.29 is 4.74 Å². The van der Waals surface area contributed by atoms with Crippen LogP contribution >= 0.6 is 0 Å². The van der Waals surface area contributed by atoms with E-state index in [1.807, 2.05) is 42.5 Å². The van der Waals surface area contributed by atoms with Crippen molar-refractivity contribution in [3.63, 3.8) is 0 Å². The maximum Gasteiger partial charge on any atom is 0.123 e. The van der Waals surface area contributed by atoms with Gasteiger partial charge < -0.3 is 10.5 Å². The molecule has 0 atom stereocenters. The van der Waals surface area contributed by atoms with Crippen LogP contribution in [0.2, 0.25) is 0 Å². The molecule has 3 heteroatoms. The van der Waals surface area contributed by atoms with Crippen LogP contribution < -0.4 is 10.5 Å². The number of benzene rings is 2. The number of nitrogen functional groups attached to an aromatic ring is 1. The van der Waals surface area contributed by atoms with Crippen LogP contribution in [0.5, 0.6) is 5.75 Å². The number of nitrogens with two attached hydrogens (primary N) is 1. The number of hydrogen-bond donors (Lipinski definition) is 2.